The van der Waals surface area contributed by atoms with Crippen LogP contribution in [0.1, 0.15) is 58.3 Å². The predicted octanol–water partition coefficient (Wildman–Crippen LogP) is 2.91. The maximum absolute atomic E-state index is 12.2. The van der Waals surface area contributed by atoms with Gasteiger partial charge in [-0.25, -0.2) is 0 Å². The molecule has 4 unspecified atom stereocenters. The maximum atomic E-state index is 12.2. The highest BCUT2D eigenvalue weighted by Crippen LogP contribution is 2.23. The standard InChI is InChI=1S/C20H36N4O2S/c1-5-24(6-2)18(19-12-9-13-26-19)15-22-20(21-4)23-16-10-8-11-17(14-16)27(25)7-3/h9,12-13,16-18H,5-8,10-11,14-15H2,1-4H3,(H2,21,22,23). The van der Waals surface area contributed by atoms with E-state index in [0.29, 0.717) is 11.3 Å². The fourth-order valence-corrected chi connectivity index (χ4v) is 5.23. The second-order valence-electron chi connectivity index (χ2n) is 7.00. The van der Waals surface area contributed by atoms with Gasteiger partial charge in [-0.05, 0) is 44.5 Å². The van der Waals surface area contributed by atoms with Gasteiger partial charge in [0.1, 0.15) is 5.76 Å². The molecule has 1 fully saturated rings. The van der Waals surface area contributed by atoms with Crippen molar-refractivity contribution in [2.24, 2.45) is 4.99 Å². The van der Waals surface area contributed by atoms with Gasteiger partial charge < -0.3 is 15.1 Å². The molecule has 0 aliphatic heterocycles. The van der Waals surface area contributed by atoms with Crippen LogP contribution in [0.4, 0.5) is 0 Å². The van der Waals surface area contributed by atoms with E-state index in [4.69, 9.17) is 4.42 Å². The maximum Gasteiger partial charge on any atom is 0.191 e. The normalized spacial score (nSPS) is 23.2. The van der Waals surface area contributed by atoms with Gasteiger partial charge in [-0.3, -0.25) is 14.1 Å². The molecule has 0 spiro atoms. The number of likely N-dealkylation sites (N-methyl/N-ethyl adjacent to an activating group) is 1. The first-order chi connectivity index (χ1) is 13.1. The first kappa shape index (κ1) is 22.0. The molecule has 1 saturated carbocycles. The van der Waals surface area contributed by atoms with Crippen molar-refractivity contribution in [1.29, 1.82) is 0 Å². The molecule has 1 heterocycles. The van der Waals surface area contributed by atoms with E-state index in [1.165, 1.54) is 0 Å². The summed E-state index contributed by atoms with van der Waals surface area (Å²) in [6.45, 7) is 9.00. The first-order valence-corrected chi connectivity index (χ1v) is 11.6. The monoisotopic (exact) mass is 396 g/mol. The fraction of sp³-hybridized carbons (Fsp3) is 0.750. The Labute approximate surface area is 166 Å². The molecular formula is C20H36N4O2S. The average Bonchev–Trinajstić information content (AvgIpc) is 3.24. The minimum Gasteiger partial charge on any atom is -0.468 e. The Morgan fingerprint density at radius 1 is 1.37 bits per heavy atom. The van der Waals surface area contributed by atoms with Crippen molar-refractivity contribution in [2.75, 3.05) is 32.4 Å². The molecule has 1 aliphatic carbocycles. The Bertz CT molecular complexity index is 587. The van der Waals surface area contributed by atoms with Crippen molar-refractivity contribution in [3.05, 3.63) is 24.2 Å². The third-order valence-electron chi connectivity index (χ3n) is 5.43. The highest BCUT2D eigenvalue weighted by Gasteiger charge is 2.26. The topological polar surface area (TPSA) is 69.9 Å². The first-order valence-electron chi connectivity index (χ1n) is 10.2. The molecule has 2 rings (SSSR count). The smallest absolute Gasteiger partial charge is 0.191 e. The van der Waals surface area contributed by atoms with E-state index >= 15 is 0 Å². The van der Waals surface area contributed by atoms with Crippen LogP contribution in [-0.4, -0.2) is 58.8 Å². The number of nitrogens with one attached hydrogen (secondary N) is 2. The van der Waals surface area contributed by atoms with Crippen molar-refractivity contribution in [2.45, 2.75) is 63.8 Å². The predicted molar refractivity (Wildman–Crippen MR) is 114 cm³/mol. The van der Waals surface area contributed by atoms with Crippen LogP contribution in [0.2, 0.25) is 0 Å². The summed E-state index contributed by atoms with van der Waals surface area (Å²) >= 11 is 0. The third kappa shape index (κ3) is 6.35. The van der Waals surface area contributed by atoms with Crippen LogP contribution in [0.15, 0.2) is 27.8 Å². The van der Waals surface area contributed by atoms with Gasteiger partial charge in [-0.15, -0.1) is 0 Å². The Balaban J connectivity index is 1.94. The van der Waals surface area contributed by atoms with E-state index in [9.17, 15) is 4.21 Å². The number of guanidine groups is 1. The quantitative estimate of drug-likeness (QED) is 0.496. The van der Waals surface area contributed by atoms with Crippen LogP contribution in [-0.2, 0) is 10.8 Å². The molecule has 154 valence electrons. The highest BCUT2D eigenvalue weighted by molar-refractivity contribution is 7.85. The van der Waals surface area contributed by atoms with Crippen LogP contribution in [0, 0.1) is 0 Å². The van der Waals surface area contributed by atoms with Gasteiger partial charge in [-0.2, -0.15) is 0 Å². The zero-order valence-corrected chi connectivity index (χ0v) is 18.1. The molecule has 0 amide bonds. The molecule has 6 nitrogen and oxygen atoms in total. The molecule has 1 aromatic rings. The third-order valence-corrected chi connectivity index (χ3v) is 7.18. The van der Waals surface area contributed by atoms with Gasteiger partial charge in [-0.1, -0.05) is 27.2 Å². The Morgan fingerprint density at radius 2 is 2.15 bits per heavy atom. The SMILES string of the molecule is CCN(CC)C(CNC(=NC)NC1CCCC(S(=O)CC)C1)c1ccco1. The van der Waals surface area contributed by atoms with Crippen LogP contribution in [0.5, 0.6) is 0 Å². The second-order valence-corrected chi connectivity index (χ2v) is 9.01. The summed E-state index contributed by atoms with van der Waals surface area (Å²) in [6.07, 6.45) is 6.00. The molecule has 0 bridgehead atoms. The molecule has 7 heteroatoms. The van der Waals surface area contributed by atoms with Crippen molar-refractivity contribution in [1.82, 2.24) is 15.5 Å². The number of aliphatic imine (C=N–C) groups is 1. The van der Waals surface area contributed by atoms with Crippen LogP contribution in [0.3, 0.4) is 0 Å². The zero-order valence-electron chi connectivity index (χ0n) is 17.2. The van der Waals surface area contributed by atoms with E-state index in [0.717, 1.165) is 62.8 Å². The van der Waals surface area contributed by atoms with E-state index in [1.54, 1.807) is 13.3 Å². The summed E-state index contributed by atoms with van der Waals surface area (Å²) in [5.74, 6) is 2.53. The zero-order chi connectivity index (χ0) is 19.6. The van der Waals surface area contributed by atoms with Crippen LogP contribution < -0.4 is 10.6 Å². The van der Waals surface area contributed by atoms with Crippen molar-refractivity contribution >= 4 is 16.8 Å². The molecule has 0 radical (unpaired) electrons. The minimum absolute atomic E-state index is 0.167. The second kappa shape index (κ2) is 11.5. The van der Waals surface area contributed by atoms with Gasteiger partial charge in [0.2, 0.25) is 0 Å². The van der Waals surface area contributed by atoms with Gasteiger partial charge in [0.25, 0.3) is 0 Å². The molecular weight excluding hydrogens is 360 g/mol. The summed E-state index contributed by atoms with van der Waals surface area (Å²) in [6, 6.07) is 4.47. The number of hydrogen-bond donors (Lipinski definition) is 2. The summed E-state index contributed by atoms with van der Waals surface area (Å²) in [5, 5.41) is 7.33. The lowest BCUT2D eigenvalue weighted by atomic mass is 9.95. The molecule has 0 aromatic carbocycles. The fourth-order valence-electron chi connectivity index (χ4n) is 3.89. The van der Waals surface area contributed by atoms with Gasteiger partial charge in [0.05, 0.1) is 12.3 Å². The van der Waals surface area contributed by atoms with Crippen LogP contribution in [0.25, 0.3) is 0 Å². The van der Waals surface area contributed by atoms with E-state index in [1.807, 2.05) is 19.1 Å². The number of rotatable bonds is 9. The van der Waals surface area contributed by atoms with Gasteiger partial charge >= 0.3 is 0 Å². The Kier molecular flexibility index (Phi) is 9.34. The molecule has 27 heavy (non-hydrogen) atoms. The molecule has 0 saturated heterocycles. The van der Waals surface area contributed by atoms with Crippen molar-refractivity contribution in [3.63, 3.8) is 0 Å². The van der Waals surface area contributed by atoms with E-state index < -0.39 is 10.8 Å². The molecule has 4 atom stereocenters. The molecule has 1 aromatic heterocycles. The number of furan rings is 1. The molecule has 1 aliphatic rings. The number of hydrogen-bond acceptors (Lipinski definition) is 4. The van der Waals surface area contributed by atoms with Gasteiger partial charge in [0.15, 0.2) is 5.96 Å². The lowest BCUT2D eigenvalue weighted by Gasteiger charge is -2.32. The molecule has 2 N–H and O–H groups in total. The largest absolute Gasteiger partial charge is 0.468 e. The summed E-state index contributed by atoms with van der Waals surface area (Å²) in [5.41, 5.74) is 0. The lowest BCUT2D eigenvalue weighted by Crippen LogP contribution is -2.48. The summed E-state index contributed by atoms with van der Waals surface area (Å²) in [4.78, 5) is 6.78. The summed E-state index contributed by atoms with van der Waals surface area (Å²) in [7, 11) is 1.09. The highest BCUT2D eigenvalue weighted by atomic mass is 32.2. The van der Waals surface area contributed by atoms with E-state index in [-0.39, 0.29) is 6.04 Å². The van der Waals surface area contributed by atoms with Crippen molar-refractivity contribution < 1.29 is 8.63 Å². The van der Waals surface area contributed by atoms with Gasteiger partial charge in [0, 0.05) is 41.4 Å². The summed E-state index contributed by atoms with van der Waals surface area (Å²) < 4.78 is 17.8. The average molecular weight is 397 g/mol. The van der Waals surface area contributed by atoms with E-state index in [2.05, 4.69) is 34.4 Å². The number of nitrogens with zero attached hydrogens (tertiary/aromatic N) is 2. The van der Waals surface area contributed by atoms with Crippen LogP contribution >= 0.6 is 0 Å². The minimum atomic E-state index is -0.710. The Hall–Kier alpha value is -1.34. The van der Waals surface area contributed by atoms with Crippen molar-refractivity contribution in [3.8, 4) is 0 Å². The Morgan fingerprint density at radius 3 is 2.74 bits per heavy atom. The lowest BCUT2D eigenvalue weighted by molar-refractivity contribution is 0.193.